The van der Waals surface area contributed by atoms with Crippen LogP contribution in [0.3, 0.4) is 0 Å². The van der Waals surface area contributed by atoms with Crippen LogP contribution in [0, 0.1) is 29.5 Å². The van der Waals surface area contributed by atoms with Crippen molar-refractivity contribution in [2.75, 3.05) is 0 Å². The fraction of sp³-hybridized carbons (Fsp3) is 0.647. The van der Waals surface area contributed by atoms with Gasteiger partial charge in [-0.1, -0.05) is 12.5 Å². The molecule has 3 saturated carbocycles. The number of benzene rings is 1. The molecular formula is C17H20BrFO. The maximum atomic E-state index is 13.3. The summed E-state index contributed by atoms with van der Waals surface area (Å²) >= 11 is 3.24. The van der Waals surface area contributed by atoms with Gasteiger partial charge in [0.25, 0.3) is 0 Å². The molecule has 3 aliphatic rings. The molecule has 5 unspecified atom stereocenters. The van der Waals surface area contributed by atoms with Gasteiger partial charge in [0.1, 0.15) is 5.82 Å². The lowest BCUT2D eigenvalue weighted by Crippen LogP contribution is -2.43. The maximum Gasteiger partial charge on any atom is 0.137 e. The normalized spacial score (nSPS) is 42.1. The van der Waals surface area contributed by atoms with E-state index in [9.17, 15) is 9.50 Å². The molecule has 1 aromatic carbocycles. The van der Waals surface area contributed by atoms with Crippen LogP contribution >= 0.6 is 15.9 Å². The first kappa shape index (κ1) is 13.3. The first-order valence-electron chi connectivity index (χ1n) is 7.73. The Morgan fingerprint density at radius 1 is 1.30 bits per heavy atom. The molecule has 0 heterocycles. The minimum atomic E-state index is -0.548. The molecule has 0 aromatic heterocycles. The molecule has 0 spiro atoms. The zero-order chi connectivity index (χ0) is 13.9. The molecular weight excluding hydrogens is 319 g/mol. The summed E-state index contributed by atoms with van der Waals surface area (Å²) in [7, 11) is 0. The van der Waals surface area contributed by atoms with Crippen molar-refractivity contribution in [3.63, 3.8) is 0 Å². The number of halogens is 2. The van der Waals surface area contributed by atoms with Crippen molar-refractivity contribution in [1.82, 2.24) is 0 Å². The molecule has 5 atom stereocenters. The first-order chi connectivity index (χ1) is 9.57. The highest BCUT2D eigenvalue weighted by molar-refractivity contribution is 9.10. The number of aliphatic hydroxyl groups is 1. The van der Waals surface area contributed by atoms with E-state index in [0.717, 1.165) is 29.7 Å². The van der Waals surface area contributed by atoms with Gasteiger partial charge in [-0.25, -0.2) is 4.39 Å². The summed E-state index contributed by atoms with van der Waals surface area (Å²) in [6.07, 6.45) is 6.88. The van der Waals surface area contributed by atoms with Crippen LogP contribution in [0.25, 0.3) is 0 Å². The molecule has 0 aliphatic heterocycles. The molecule has 1 aromatic rings. The van der Waals surface area contributed by atoms with Crippen LogP contribution in [0.2, 0.25) is 0 Å². The summed E-state index contributed by atoms with van der Waals surface area (Å²) in [6, 6.07) is 5.13. The van der Waals surface area contributed by atoms with Crippen molar-refractivity contribution in [2.45, 2.75) is 44.1 Å². The molecule has 4 rings (SSSR count). The number of hydrogen-bond donors (Lipinski definition) is 1. The van der Waals surface area contributed by atoms with E-state index in [2.05, 4.69) is 15.9 Å². The minimum Gasteiger partial charge on any atom is -0.389 e. The van der Waals surface area contributed by atoms with Crippen molar-refractivity contribution in [3.8, 4) is 0 Å². The predicted molar refractivity (Wildman–Crippen MR) is 79.8 cm³/mol. The van der Waals surface area contributed by atoms with Gasteiger partial charge >= 0.3 is 0 Å². The van der Waals surface area contributed by atoms with Crippen LogP contribution in [-0.2, 0) is 6.42 Å². The highest BCUT2D eigenvalue weighted by atomic mass is 79.9. The smallest absolute Gasteiger partial charge is 0.137 e. The summed E-state index contributed by atoms with van der Waals surface area (Å²) in [5.41, 5.74) is 0.496. The van der Waals surface area contributed by atoms with E-state index in [0.29, 0.717) is 16.8 Å². The Morgan fingerprint density at radius 2 is 2.10 bits per heavy atom. The average molecular weight is 339 g/mol. The van der Waals surface area contributed by atoms with Gasteiger partial charge in [0.05, 0.1) is 10.1 Å². The fourth-order valence-corrected chi connectivity index (χ4v) is 5.87. The van der Waals surface area contributed by atoms with Crippen LogP contribution < -0.4 is 0 Å². The molecule has 3 heteroatoms. The van der Waals surface area contributed by atoms with Crippen LogP contribution in [0.5, 0.6) is 0 Å². The molecule has 3 aliphatic carbocycles. The number of rotatable bonds is 2. The molecule has 1 nitrogen and oxygen atoms in total. The lowest BCUT2D eigenvalue weighted by Gasteiger charge is -2.39. The molecule has 0 amide bonds. The van der Waals surface area contributed by atoms with Crippen LogP contribution in [-0.4, -0.2) is 10.7 Å². The molecule has 1 N–H and O–H groups in total. The van der Waals surface area contributed by atoms with Crippen LogP contribution in [0.15, 0.2) is 22.7 Å². The second-order valence-electron chi connectivity index (χ2n) is 7.09. The Bertz CT molecular complexity index is 546. The minimum absolute atomic E-state index is 0.232. The lowest BCUT2D eigenvalue weighted by atomic mass is 9.71. The molecule has 20 heavy (non-hydrogen) atoms. The average Bonchev–Trinajstić information content (AvgIpc) is 3.04. The second kappa shape index (κ2) is 4.54. The van der Waals surface area contributed by atoms with Crippen molar-refractivity contribution < 1.29 is 9.50 Å². The van der Waals surface area contributed by atoms with E-state index >= 15 is 0 Å². The summed E-state index contributed by atoms with van der Waals surface area (Å²) in [4.78, 5) is 0. The molecule has 0 radical (unpaired) electrons. The highest BCUT2D eigenvalue weighted by Crippen LogP contribution is 2.62. The quantitative estimate of drug-likeness (QED) is 0.851. The zero-order valence-electron chi connectivity index (χ0n) is 11.5. The van der Waals surface area contributed by atoms with Gasteiger partial charge in [-0.3, -0.25) is 0 Å². The Morgan fingerprint density at radius 3 is 2.90 bits per heavy atom. The van der Waals surface area contributed by atoms with Crippen LogP contribution in [0.1, 0.15) is 37.7 Å². The van der Waals surface area contributed by atoms with Crippen molar-refractivity contribution in [1.29, 1.82) is 0 Å². The zero-order valence-corrected chi connectivity index (χ0v) is 13.1. The third-order valence-electron chi connectivity index (χ3n) is 6.10. The van der Waals surface area contributed by atoms with Gasteiger partial charge in [0, 0.05) is 6.42 Å². The Labute approximate surface area is 127 Å². The standard InChI is InChI=1S/C17H20BrFO/c18-15-6-10(4-5-16(15)19)8-17(20)9-11-7-14(17)13-3-1-2-12(11)13/h4-6,11-14,20H,1-3,7-9H2. The van der Waals surface area contributed by atoms with Gasteiger partial charge in [0.15, 0.2) is 0 Å². The van der Waals surface area contributed by atoms with Crippen molar-refractivity contribution in [2.24, 2.45) is 23.7 Å². The predicted octanol–water partition coefficient (Wildman–Crippen LogP) is 4.32. The van der Waals surface area contributed by atoms with Crippen molar-refractivity contribution in [3.05, 3.63) is 34.1 Å². The summed E-state index contributed by atoms with van der Waals surface area (Å²) < 4.78 is 13.8. The van der Waals surface area contributed by atoms with Gasteiger partial charge in [-0.05, 0) is 83.0 Å². The SMILES string of the molecule is OC1(Cc2ccc(F)c(Br)c2)CC2CC1C1CCCC21. The molecule has 3 fully saturated rings. The van der Waals surface area contributed by atoms with E-state index in [4.69, 9.17) is 0 Å². The molecule has 108 valence electrons. The van der Waals surface area contributed by atoms with Crippen molar-refractivity contribution >= 4 is 15.9 Å². The van der Waals surface area contributed by atoms with E-state index in [1.165, 1.54) is 31.7 Å². The molecule has 2 bridgehead atoms. The number of fused-ring (bicyclic) bond motifs is 5. The van der Waals surface area contributed by atoms with Gasteiger partial charge < -0.3 is 5.11 Å². The van der Waals surface area contributed by atoms with Gasteiger partial charge in [0.2, 0.25) is 0 Å². The number of hydrogen-bond acceptors (Lipinski definition) is 1. The highest BCUT2D eigenvalue weighted by Gasteiger charge is 2.60. The van der Waals surface area contributed by atoms with E-state index in [1.807, 2.05) is 12.1 Å². The Kier molecular flexibility index (Phi) is 3.01. The first-order valence-corrected chi connectivity index (χ1v) is 8.52. The summed E-state index contributed by atoms with van der Waals surface area (Å²) in [5.74, 6) is 2.62. The summed E-state index contributed by atoms with van der Waals surface area (Å²) in [5, 5.41) is 11.1. The fourth-order valence-electron chi connectivity index (χ4n) is 5.44. The van der Waals surface area contributed by atoms with E-state index in [-0.39, 0.29) is 5.82 Å². The third kappa shape index (κ3) is 1.89. The molecule has 0 saturated heterocycles. The topological polar surface area (TPSA) is 20.2 Å². The van der Waals surface area contributed by atoms with E-state index < -0.39 is 5.60 Å². The van der Waals surface area contributed by atoms with E-state index in [1.54, 1.807) is 0 Å². The second-order valence-corrected chi connectivity index (χ2v) is 7.95. The Hall–Kier alpha value is -0.410. The lowest BCUT2D eigenvalue weighted by molar-refractivity contribution is -0.0450. The largest absolute Gasteiger partial charge is 0.389 e. The van der Waals surface area contributed by atoms with Gasteiger partial charge in [-0.2, -0.15) is 0 Å². The van der Waals surface area contributed by atoms with Crippen LogP contribution in [0.4, 0.5) is 4.39 Å². The monoisotopic (exact) mass is 338 g/mol. The summed E-state index contributed by atoms with van der Waals surface area (Å²) in [6.45, 7) is 0. The maximum absolute atomic E-state index is 13.3. The third-order valence-corrected chi connectivity index (χ3v) is 6.71. The Balaban J connectivity index is 1.58. The van der Waals surface area contributed by atoms with Gasteiger partial charge in [-0.15, -0.1) is 0 Å².